The number of hydrogen-bond donors (Lipinski definition) is 1. The number of benzene rings is 1. The third kappa shape index (κ3) is 5.20. The third-order valence-electron chi connectivity index (χ3n) is 4.29. The van der Waals surface area contributed by atoms with Crippen molar-refractivity contribution in [1.82, 2.24) is 9.80 Å². The molecular weight excluding hydrogens is 342 g/mol. The number of carbonyl (C=O) groups excluding carboxylic acids is 1. The SMILES string of the molecule is C=CS(=O)(=O)CCCN1CCN(C(=O)c2ccc(OC)c(N)c2)CC1. The van der Waals surface area contributed by atoms with E-state index in [9.17, 15) is 13.2 Å². The van der Waals surface area contributed by atoms with E-state index >= 15 is 0 Å². The van der Waals surface area contributed by atoms with Gasteiger partial charge in [-0.3, -0.25) is 9.69 Å². The van der Waals surface area contributed by atoms with E-state index in [1.165, 1.54) is 7.11 Å². The molecule has 1 aliphatic rings. The van der Waals surface area contributed by atoms with Crippen LogP contribution in [0.3, 0.4) is 0 Å². The summed E-state index contributed by atoms with van der Waals surface area (Å²) in [4.78, 5) is 16.5. The fourth-order valence-corrected chi connectivity index (χ4v) is 3.50. The first-order valence-corrected chi connectivity index (χ1v) is 9.88. The molecule has 1 heterocycles. The van der Waals surface area contributed by atoms with Crippen molar-refractivity contribution in [3.8, 4) is 5.75 Å². The molecule has 2 N–H and O–H groups in total. The lowest BCUT2D eigenvalue weighted by Gasteiger charge is -2.34. The van der Waals surface area contributed by atoms with Crippen LogP contribution < -0.4 is 10.5 Å². The van der Waals surface area contributed by atoms with E-state index in [1.54, 1.807) is 23.1 Å². The van der Waals surface area contributed by atoms with Gasteiger partial charge >= 0.3 is 0 Å². The van der Waals surface area contributed by atoms with Gasteiger partial charge in [0, 0.05) is 37.2 Å². The number of nitrogens with two attached hydrogens (primary N) is 1. The Kier molecular flexibility index (Phi) is 6.44. The lowest BCUT2D eigenvalue weighted by molar-refractivity contribution is 0.0638. The van der Waals surface area contributed by atoms with Gasteiger partial charge < -0.3 is 15.4 Å². The minimum atomic E-state index is -3.14. The largest absolute Gasteiger partial charge is 0.495 e. The van der Waals surface area contributed by atoms with Crippen molar-refractivity contribution in [2.75, 3.05) is 51.3 Å². The zero-order chi connectivity index (χ0) is 18.4. The van der Waals surface area contributed by atoms with Crippen LogP contribution in [0.2, 0.25) is 0 Å². The van der Waals surface area contributed by atoms with Crippen molar-refractivity contribution in [1.29, 1.82) is 0 Å². The van der Waals surface area contributed by atoms with E-state index in [-0.39, 0.29) is 11.7 Å². The number of sulfone groups is 1. The highest BCUT2D eigenvalue weighted by Crippen LogP contribution is 2.23. The van der Waals surface area contributed by atoms with E-state index in [4.69, 9.17) is 10.5 Å². The van der Waals surface area contributed by atoms with E-state index in [0.717, 1.165) is 18.5 Å². The van der Waals surface area contributed by atoms with Crippen LogP contribution in [0.5, 0.6) is 5.75 Å². The summed E-state index contributed by atoms with van der Waals surface area (Å²) in [5.41, 5.74) is 6.85. The second kappa shape index (κ2) is 8.35. The molecule has 1 aromatic carbocycles. The molecule has 1 aromatic rings. The molecule has 0 unspecified atom stereocenters. The molecule has 0 aliphatic carbocycles. The molecule has 2 rings (SSSR count). The average Bonchev–Trinajstić information content (AvgIpc) is 2.61. The van der Waals surface area contributed by atoms with Crippen LogP contribution in [0.15, 0.2) is 30.2 Å². The predicted molar refractivity (Wildman–Crippen MR) is 98.4 cm³/mol. The van der Waals surface area contributed by atoms with E-state index < -0.39 is 9.84 Å². The van der Waals surface area contributed by atoms with Gasteiger partial charge in [0.25, 0.3) is 5.91 Å². The molecule has 1 saturated heterocycles. The molecule has 1 fully saturated rings. The fraction of sp³-hybridized carbons (Fsp3) is 0.471. The number of anilines is 1. The fourth-order valence-electron chi connectivity index (χ4n) is 2.80. The maximum absolute atomic E-state index is 12.6. The number of methoxy groups -OCH3 is 1. The smallest absolute Gasteiger partial charge is 0.254 e. The monoisotopic (exact) mass is 367 g/mol. The molecule has 1 aliphatic heterocycles. The molecule has 0 bridgehead atoms. The van der Waals surface area contributed by atoms with Gasteiger partial charge in [-0.25, -0.2) is 8.42 Å². The number of piperazine rings is 1. The van der Waals surface area contributed by atoms with Gasteiger partial charge in [-0.2, -0.15) is 0 Å². The molecule has 8 heteroatoms. The molecule has 0 spiro atoms. The summed E-state index contributed by atoms with van der Waals surface area (Å²) < 4.78 is 27.9. The normalized spacial score (nSPS) is 15.8. The molecule has 138 valence electrons. The van der Waals surface area contributed by atoms with Gasteiger partial charge in [0.15, 0.2) is 9.84 Å². The molecule has 7 nitrogen and oxygen atoms in total. The van der Waals surface area contributed by atoms with Crippen LogP contribution >= 0.6 is 0 Å². The predicted octanol–water partition coefficient (Wildman–Crippen LogP) is 0.984. The molecule has 0 aromatic heterocycles. The summed E-state index contributed by atoms with van der Waals surface area (Å²) in [6.07, 6.45) is 0.567. The van der Waals surface area contributed by atoms with Crippen LogP contribution in [0.1, 0.15) is 16.8 Å². The summed E-state index contributed by atoms with van der Waals surface area (Å²) in [5, 5.41) is 1.00. The Morgan fingerprint density at radius 1 is 1.32 bits per heavy atom. The Hall–Kier alpha value is -2.06. The second-order valence-corrected chi connectivity index (χ2v) is 8.05. The van der Waals surface area contributed by atoms with Crippen molar-refractivity contribution >= 4 is 21.4 Å². The summed E-state index contributed by atoms with van der Waals surface area (Å²) in [6.45, 7) is 6.69. The number of nitrogen functional groups attached to an aromatic ring is 1. The maximum atomic E-state index is 12.6. The first-order chi connectivity index (χ1) is 11.9. The average molecular weight is 367 g/mol. The van der Waals surface area contributed by atoms with Gasteiger partial charge in [-0.15, -0.1) is 0 Å². The summed E-state index contributed by atoms with van der Waals surface area (Å²) in [6, 6.07) is 5.04. The zero-order valence-electron chi connectivity index (χ0n) is 14.5. The van der Waals surface area contributed by atoms with Gasteiger partial charge in [-0.1, -0.05) is 6.58 Å². The lowest BCUT2D eigenvalue weighted by atomic mass is 10.1. The second-order valence-electron chi connectivity index (χ2n) is 5.98. The number of rotatable bonds is 7. The molecule has 1 amide bonds. The highest BCUT2D eigenvalue weighted by molar-refractivity contribution is 7.94. The van der Waals surface area contributed by atoms with Crippen molar-refractivity contribution in [3.05, 3.63) is 35.7 Å². The molecule has 0 atom stereocenters. The molecule has 25 heavy (non-hydrogen) atoms. The Balaban J connectivity index is 1.84. The standard InChI is InChI=1S/C17H25N3O4S/c1-3-25(22,23)12-4-7-19-8-10-20(11-9-19)17(21)14-5-6-16(24-2)15(18)13-14/h3,5-6,13H,1,4,7-12,18H2,2H3. The Morgan fingerprint density at radius 3 is 2.56 bits per heavy atom. The van der Waals surface area contributed by atoms with Crippen molar-refractivity contribution in [3.63, 3.8) is 0 Å². The van der Waals surface area contributed by atoms with E-state index in [0.29, 0.717) is 43.1 Å². The van der Waals surface area contributed by atoms with Crippen LogP contribution in [-0.2, 0) is 9.84 Å². The quantitative estimate of drug-likeness (QED) is 0.722. The number of amides is 1. The highest BCUT2D eigenvalue weighted by atomic mass is 32.2. The van der Waals surface area contributed by atoms with Gasteiger partial charge in [0.05, 0.1) is 18.6 Å². The lowest BCUT2D eigenvalue weighted by Crippen LogP contribution is -2.49. The Labute approximate surface area is 149 Å². The van der Waals surface area contributed by atoms with Crippen LogP contribution in [0, 0.1) is 0 Å². The van der Waals surface area contributed by atoms with Crippen LogP contribution in [0.25, 0.3) is 0 Å². The van der Waals surface area contributed by atoms with Crippen LogP contribution in [-0.4, -0.2) is 69.7 Å². The van der Waals surface area contributed by atoms with E-state index in [1.807, 2.05) is 0 Å². The summed E-state index contributed by atoms with van der Waals surface area (Å²) >= 11 is 0. The summed E-state index contributed by atoms with van der Waals surface area (Å²) in [7, 11) is -1.61. The van der Waals surface area contributed by atoms with Crippen molar-refractivity contribution < 1.29 is 17.9 Å². The van der Waals surface area contributed by atoms with Gasteiger partial charge in [0.2, 0.25) is 0 Å². The van der Waals surface area contributed by atoms with Crippen molar-refractivity contribution in [2.24, 2.45) is 0 Å². The van der Waals surface area contributed by atoms with Crippen molar-refractivity contribution in [2.45, 2.75) is 6.42 Å². The molecule has 0 radical (unpaired) electrons. The minimum absolute atomic E-state index is 0.0526. The number of hydrogen-bond acceptors (Lipinski definition) is 6. The maximum Gasteiger partial charge on any atom is 0.254 e. The molecule has 0 saturated carbocycles. The minimum Gasteiger partial charge on any atom is -0.495 e. The highest BCUT2D eigenvalue weighted by Gasteiger charge is 2.22. The first-order valence-electron chi connectivity index (χ1n) is 8.16. The van der Waals surface area contributed by atoms with Gasteiger partial charge in [-0.05, 0) is 31.2 Å². The van der Waals surface area contributed by atoms with E-state index in [2.05, 4.69) is 11.5 Å². The van der Waals surface area contributed by atoms with Gasteiger partial charge in [0.1, 0.15) is 5.75 Å². The Bertz CT molecular complexity index is 725. The molecular formula is C17H25N3O4S. The third-order valence-corrected chi connectivity index (χ3v) is 5.66. The first kappa shape index (κ1) is 19.3. The number of ether oxygens (including phenoxy) is 1. The zero-order valence-corrected chi connectivity index (χ0v) is 15.3. The van der Waals surface area contributed by atoms with Crippen LogP contribution in [0.4, 0.5) is 5.69 Å². The number of nitrogens with zero attached hydrogens (tertiary/aromatic N) is 2. The summed E-state index contributed by atoms with van der Waals surface area (Å²) in [5.74, 6) is 0.611. The Morgan fingerprint density at radius 2 is 2.00 bits per heavy atom. The number of carbonyl (C=O) groups is 1. The topological polar surface area (TPSA) is 92.9 Å².